The van der Waals surface area contributed by atoms with Crippen molar-refractivity contribution in [1.82, 2.24) is 0 Å². The monoisotopic (exact) mass is 274 g/mol. The highest BCUT2D eigenvalue weighted by Gasteiger charge is 2.29. The van der Waals surface area contributed by atoms with E-state index in [1.165, 1.54) is 5.56 Å². The average Bonchev–Trinajstić information content (AvgIpc) is 2.25. The summed E-state index contributed by atoms with van der Waals surface area (Å²) in [5.41, 5.74) is 1.88. The minimum absolute atomic E-state index is 0.225. The van der Waals surface area contributed by atoms with Crippen molar-refractivity contribution in [3.8, 4) is 0 Å². The molecule has 0 fully saturated rings. The topological polar surface area (TPSA) is 18.5 Å². The van der Waals surface area contributed by atoms with Gasteiger partial charge in [0.25, 0.3) is 0 Å². The Balaban J connectivity index is 2.79. The zero-order valence-electron chi connectivity index (χ0n) is 13.7. The molecule has 0 aromatic heterocycles. The van der Waals surface area contributed by atoms with Crippen molar-refractivity contribution in [1.29, 1.82) is 0 Å². The maximum Gasteiger partial charge on any atom is 0.462 e. The molecule has 0 aliphatic heterocycles. The van der Waals surface area contributed by atoms with Gasteiger partial charge in [-0.15, -0.1) is 0 Å². The van der Waals surface area contributed by atoms with E-state index >= 15 is 0 Å². The molecule has 1 rings (SSSR count). The molecule has 110 valence electrons. The third kappa shape index (κ3) is 6.92. The lowest BCUT2D eigenvalue weighted by Crippen LogP contribution is -2.40. The van der Waals surface area contributed by atoms with Crippen LogP contribution in [0.1, 0.15) is 52.7 Å². The van der Waals surface area contributed by atoms with Crippen LogP contribution in [0.4, 0.5) is 0 Å². The van der Waals surface area contributed by atoms with Crippen LogP contribution in [0.25, 0.3) is 6.08 Å². The first-order chi connectivity index (χ1) is 9.09. The van der Waals surface area contributed by atoms with Gasteiger partial charge in [0.1, 0.15) is 0 Å². The van der Waals surface area contributed by atoms with Crippen LogP contribution >= 0.6 is 0 Å². The van der Waals surface area contributed by atoms with Gasteiger partial charge in [-0.3, -0.25) is 0 Å². The van der Waals surface area contributed by atoms with E-state index in [9.17, 15) is 0 Å². The summed E-state index contributed by atoms with van der Waals surface area (Å²) >= 11 is 0. The summed E-state index contributed by atoms with van der Waals surface area (Å²) in [6.45, 7) is 16.1. The van der Waals surface area contributed by atoms with Gasteiger partial charge in [-0.25, -0.2) is 0 Å². The zero-order valence-corrected chi connectivity index (χ0v) is 13.7. The second-order valence-electron chi connectivity index (χ2n) is 7.04. The van der Waals surface area contributed by atoms with Crippen LogP contribution in [-0.2, 0) is 15.6 Å². The van der Waals surface area contributed by atoms with Gasteiger partial charge in [-0.05, 0) is 52.7 Å². The molecule has 0 bridgehead atoms. The first-order valence-electron chi connectivity index (χ1n) is 7.16. The van der Waals surface area contributed by atoms with Gasteiger partial charge in [0.05, 0.1) is 0 Å². The molecule has 0 saturated heterocycles. The molecular formula is C17H27BO2. The third-order valence-electron chi connectivity index (χ3n) is 2.59. The van der Waals surface area contributed by atoms with Crippen molar-refractivity contribution >= 4 is 13.2 Å². The van der Waals surface area contributed by atoms with Crippen molar-refractivity contribution in [2.24, 2.45) is 0 Å². The maximum absolute atomic E-state index is 6.03. The first kappa shape index (κ1) is 17.0. The van der Waals surface area contributed by atoms with E-state index in [0.29, 0.717) is 0 Å². The van der Waals surface area contributed by atoms with Gasteiger partial charge in [0.2, 0.25) is 0 Å². The van der Waals surface area contributed by atoms with Gasteiger partial charge >= 0.3 is 7.12 Å². The maximum atomic E-state index is 6.03. The van der Waals surface area contributed by atoms with Crippen LogP contribution in [0.2, 0.25) is 0 Å². The molecule has 3 heteroatoms. The fourth-order valence-electron chi connectivity index (χ4n) is 1.88. The Morgan fingerprint density at radius 3 is 1.75 bits per heavy atom. The van der Waals surface area contributed by atoms with Crippen LogP contribution < -0.4 is 0 Å². The Hall–Kier alpha value is -1.06. The van der Waals surface area contributed by atoms with Crippen LogP contribution in [0.3, 0.4) is 0 Å². The highest BCUT2D eigenvalue weighted by molar-refractivity contribution is 6.44. The third-order valence-corrected chi connectivity index (χ3v) is 2.59. The van der Waals surface area contributed by atoms with Crippen molar-refractivity contribution in [3.05, 3.63) is 42.0 Å². The molecule has 0 atom stereocenters. The summed E-state index contributed by atoms with van der Waals surface area (Å²) in [4.78, 5) is 0. The number of hydrogen-bond donors (Lipinski definition) is 0. The van der Waals surface area contributed by atoms with Gasteiger partial charge in [0.15, 0.2) is 0 Å². The molecule has 0 spiro atoms. The molecule has 0 heterocycles. The Labute approximate surface area is 124 Å². The lowest BCUT2D eigenvalue weighted by Gasteiger charge is -2.30. The van der Waals surface area contributed by atoms with Crippen molar-refractivity contribution in [3.63, 3.8) is 0 Å². The molecule has 1 aromatic carbocycles. The zero-order chi connectivity index (χ0) is 15.4. The molecular weight excluding hydrogens is 247 g/mol. The average molecular weight is 274 g/mol. The molecule has 0 amide bonds. The summed E-state index contributed by atoms with van der Waals surface area (Å²) in [6.07, 6.45) is 2.59. The van der Waals surface area contributed by atoms with Crippen molar-refractivity contribution < 1.29 is 9.31 Å². The highest BCUT2D eigenvalue weighted by Crippen LogP contribution is 2.18. The predicted octanol–water partition coefficient (Wildman–Crippen LogP) is 4.53. The van der Waals surface area contributed by atoms with E-state index in [4.69, 9.17) is 9.31 Å². The van der Waals surface area contributed by atoms with E-state index in [1.54, 1.807) is 0 Å². The first-order valence-corrected chi connectivity index (χ1v) is 7.16. The van der Waals surface area contributed by atoms with E-state index in [-0.39, 0.29) is 18.3 Å². The lowest BCUT2D eigenvalue weighted by molar-refractivity contribution is 0.0333. The normalized spacial score (nSPS) is 12.3. The number of benzene rings is 1. The standard InChI is InChI=1S/C17H27BO2/c1-8-14-9-11-15(12-10-14)13-18(19-16(2,3)4)20-17(5,6)7/h8-12H,1,13H2,2-7H3. The molecule has 0 aliphatic rings. The lowest BCUT2D eigenvalue weighted by atomic mass is 9.78. The van der Waals surface area contributed by atoms with Crippen molar-refractivity contribution in [2.45, 2.75) is 59.1 Å². The predicted molar refractivity (Wildman–Crippen MR) is 87.7 cm³/mol. The smallest absolute Gasteiger partial charge is 0.406 e. The Bertz CT molecular complexity index is 408. The number of hydrogen-bond acceptors (Lipinski definition) is 2. The van der Waals surface area contributed by atoms with Gasteiger partial charge in [-0.1, -0.05) is 36.9 Å². The molecule has 0 saturated carbocycles. The van der Waals surface area contributed by atoms with Crippen LogP contribution in [0, 0.1) is 0 Å². The molecule has 2 nitrogen and oxygen atoms in total. The summed E-state index contributed by atoms with van der Waals surface area (Å²) < 4.78 is 12.1. The fourth-order valence-corrected chi connectivity index (χ4v) is 1.88. The Morgan fingerprint density at radius 1 is 0.950 bits per heavy atom. The van der Waals surface area contributed by atoms with E-state index in [1.807, 2.05) is 47.6 Å². The van der Waals surface area contributed by atoms with Crippen LogP contribution in [-0.4, -0.2) is 18.3 Å². The molecule has 0 radical (unpaired) electrons. The minimum atomic E-state index is -0.246. The van der Waals surface area contributed by atoms with Crippen LogP contribution in [0.15, 0.2) is 30.8 Å². The van der Waals surface area contributed by atoms with Crippen LogP contribution in [0.5, 0.6) is 0 Å². The molecule has 20 heavy (non-hydrogen) atoms. The molecule has 0 unspecified atom stereocenters. The van der Waals surface area contributed by atoms with E-state index in [2.05, 4.69) is 30.8 Å². The van der Waals surface area contributed by atoms with E-state index in [0.717, 1.165) is 11.9 Å². The second-order valence-corrected chi connectivity index (χ2v) is 7.04. The fraction of sp³-hybridized carbons (Fsp3) is 0.529. The van der Waals surface area contributed by atoms with Gasteiger partial charge < -0.3 is 9.31 Å². The molecule has 0 N–H and O–H groups in total. The Kier molecular flexibility index (Phi) is 5.61. The quantitative estimate of drug-likeness (QED) is 0.734. The van der Waals surface area contributed by atoms with E-state index < -0.39 is 0 Å². The number of rotatable bonds is 5. The summed E-state index contributed by atoms with van der Waals surface area (Å²) in [5, 5.41) is 0. The second kappa shape index (κ2) is 6.60. The highest BCUT2D eigenvalue weighted by atomic mass is 16.6. The SMILES string of the molecule is C=Cc1ccc(CB(OC(C)(C)C)OC(C)(C)C)cc1. The van der Waals surface area contributed by atoms with Gasteiger partial charge in [0, 0.05) is 17.5 Å². The van der Waals surface area contributed by atoms with Gasteiger partial charge in [-0.2, -0.15) is 0 Å². The summed E-state index contributed by atoms with van der Waals surface area (Å²) in [7, 11) is -0.246. The Morgan fingerprint density at radius 2 is 1.40 bits per heavy atom. The van der Waals surface area contributed by atoms with Crippen molar-refractivity contribution in [2.75, 3.05) is 0 Å². The summed E-state index contributed by atoms with van der Waals surface area (Å²) in [5.74, 6) is 0. The minimum Gasteiger partial charge on any atom is -0.406 e. The summed E-state index contributed by atoms with van der Waals surface area (Å²) in [6, 6.07) is 8.32. The largest absolute Gasteiger partial charge is 0.462 e. The molecule has 0 aliphatic carbocycles. The molecule has 1 aromatic rings.